The predicted octanol–water partition coefficient (Wildman–Crippen LogP) is 9.64. The Hall–Kier alpha value is -3.07. The van der Waals surface area contributed by atoms with E-state index in [-0.39, 0.29) is 37.1 Å². The molecular weight excluding hydrogens is 683 g/mol. The number of hydrogen-bond acceptors (Lipinski definition) is 3. The van der Waals surface area contributed by atoms with E-state index in [0.717, 1.165) is 41.6 Å². The maximum absolute atomic E-state index is 10.0. The van der Waals surface area contributed by atoms with Gasteiger partial charge in [0, 0.05) is 37.0 Å². The third-order valence-corrected chi connectivity index (χ3v) is 7.95. The number of hydrogen-bond donors (Lipinski definition) is 1. The van der Waals surface area contributed by atoms with Crippen molar-refractivity contribution in [2.45, 2.75) is 80.1 Å². The van der Waals surface area contributed by atoms with Crippen LogP contribution in [0.25, 0.3) is 33.3 Å². The molecule has 3 aromatic carbocycles. The summed E-state index contributed by atoms with van der Waals surface area (Å²) in [6, 6.07) is 24.1. The number of fused-ring (bicyclic) bond motifs is 4. The number of aromatic nitrogens is 1. The van der Waals surface area contributed by atoms with Crippen LogP contribution in [-0.4, -0.2) is 15.9 Å². The van der Waals surface area contributed by atoms with E-state index in [4.69, 9.17) is 10.1 Å². The van der Waals surface area contributed by atoms with E-state index in [9.17, 15) is 4.79 Å². The molecule has 1 aromatic heterocycles. The molecule has 1 aliphatic carbocycles. The van der Waals surface area contributed by atoms with Crippen LogP contribution < -0.4 is 0 Å². The van der Waals surface area contributed by atoms with Crippen LogP contribution in [0.2, 0.25) is 0 Å². The first-order valence-corrected chi connectivity index (χ1v) is 14.5. The fourth-order valence-corrected chi connectivity index (χ4v) is 6.33. The molecular formula is C37H42IrNO2-. The summed E-state index contributed by atoms with van der Waals surface area (Å²) < 4.78 is 0. The topological polar surface area (TPSA) is 50.2 Å². The number of aryl methyl sites for hydroxylation is 2. The molecule has 3 nitrogen and oxygen atoms in total. The Labute approximate surface area is 259 Å². The third kappa shape index (κ3) is 6.71. The number of pyridine rings is 1. The van der Waals surface area contributed by atoms with Gasteiger partial charge in [0.1, 0.15) is 0 Å². The van der Waals surface area contributed by atoms with Crippen molar-refractivity contribution in [2.24, 2.45) is 5.92 Å². The van der Waals surface area contributed by atoms with Gasteiger partial charge in [-0.05, 0) is 84.7 Å². The predicted molar refractivity (Wildman–Crippen MR) is 168 cm³/mol. The van der Waals surface area contributed by atoms with Gasteiger partial charge in [-0.1, -0.05) is 71.9 Å². The molecule has 1 aliphatic rings. The van der Waals surface area contributed by atoms with Gasteiger partial charge in [0.15, 0.2) is 5.78 Å². The summed E-state index contributed by atoms with van der Waals surface area (Å²) in [6.07, 6.45) is 4.41. The number of nitrogens with zero attached hydrogens (tertiary/aromatic N) is 1. The van der Waals surface area contributed by atoms with Gasteiger partial charge in [0.05, 0.1) is 11.3 Å². The van der Waals surface area contributed by atoms with Crippen LogP contribution in [0.15, 0.2) is 66.4 Å². The monoisotopic (exact) mass is 725 g/mol. The van der Waals surface area contributed by atoms with Crippen LogP contribution in [0.5, 0.6) is 0 Å². The summed E-state index contributed by atoms with van der Waals surface area (Å²) in [6.45, 7) is 16.4. The summed E-state index contributed by atoms with van der Waals surface area (Å²) >= 11 is 0. The zero-order chi connectivity index (χ0) is 29.2. The van der Waals surface area contributed by atoms with Crippen molar-refractivity contribution < 1.29 is 30.0 Å². The molecule has 0 saturated heterocycles. The quantitative estimate of drug-likeness (QED) is 0.122. The van der Waals surface area contributed by atoms with E-state index in [2.05, 4.69) is 102 Å². The number of benzene rings is 3. The van der Waals surface area contributed by atoms with E-state index >= 15 is 0 Å². The fourth-order valence-electron chi connectivity index (χ4n) is 6.33. The van der Waals surface area contributed by atoms with Crippen LogP contribution in [0, 0.1) is 25.8 Å². The molecule has 1 heterocycles. The maximum atomic E-state index is 10.0. The van der Waals surface area contributed by atoms with Gasteiger partial charge in [0.2, 0.25) is 0 Å². The third-order valence-electron chi connectivity index (χ3n) is 7.95. The minimum atomic E-state index is -0.125. The normalized spacial score (nSPS) is 13.2. The molecule has 41 heavy (non-hydrogen) atoms. The molecule has 0 unspecified atom stereocenters. The van der Waals surface area contributed by atoms with Gasteiger partial charge in [-0.25, -0.2) is 0 Å². The van der Waals surface area contributed by atoms with E-state index < -0.39 is 0 Å². The molecule has 4 heteroatoms. The molecule has 217 valence electrons. The second-order valence-corrected chi connectivity index (χ2v) is 11.7. The van der Waals surface area contributed by atoms with Gasteiger partial charge < -0.3 is 5.11 Å². The Morgan fingerprint density at radius 2 is 1.66 bits per heavy atom. The average molecular weight is 725 g/mol. The Morgan fingerprint density at radius 3 is 2.22 bits per heavy atom. The molecule has 0 fully saturated rings. The van der Waals surface area contributed by atoms with Gasteiger partial charge in [-0.3, -0.25) is 9.78 Å². The molecule has 0 amide bonds. The van der Waals surface area contributed by atoms with Crippen molar-refractivity contribution in [2.75, 3.05) is 0 Å². The van der Waals surface area contributed by atoms with Crippen LogP contribution >= 0.6 is 0 Å². The smallest absolute Gasteiger partial charge is 0.155 e. The van der Waals surface area contributed by atoms with Crippen molar-refractivity contribution in [3.05, 3.63) is 100 Å². The van der Waals surface area contributed by atoms with E-state index in [0.29, 0.717) is 5.92 Å². The number of aliphatic hydroxyl groups is 1. The molecule has 0 saturated carbocycles. The number of allylic oxidation sites excluding steroid dienone is 2. The fraction of sp³-hybridized carbons (Fsp3) is 0.351. The molecule has 4 aromatic rings. The number of carbonyl (C=O) groups excluding carboxylic acids is 1. The van der Waals surface area contributed by atoms with Crippen molar-refractivity contribution in [1.82, 2.24) is 4.98 Å². The number of rotatable bonds is 6. The second-order valence-electron chi connectivity index (χ2n) is 11.7. The minimum absolute atomic E-state index is 0. The molecule has 0 atom stereocenters. The molecule has 0 aliphatic heterocycles. The number of ketones is 1. The summed E-state index contributed by atoms with van der Waals surface area (Å²) in [7, 11) is 0. The van der Waals surface area contributed by atoms with Gasteiger partial charge in [0.25, 0.3) is 0 Å². The van der Waals surface area contributed by atoms with E-state index in [1.807, 2.05) is 0 Å². The molecule has 0 spiro atoms. The largest absolute Gasteiger partial charge is 0.512 e. The molecule has 1 radical (unpaired) electrons. The molecule has 5 rings (SSSR count). The summed E-state index contributed by atoms with van der Waals surface area (Å²) in [5.41, 5.74) is 12.9. The van der Waals surface area contributed by atoms with Crippen LogP contribution in [0.4, 0.5) is 0 Å². The molecule has 0 bridgehead atoms. The summed E-state index contributed by atoms with van der Waals surface area (Å²) in [5.74, 6) is 0.519. The standard InChI is InChI=1S/C32H34N.C5H8O2.Ir/c1-7-32(8-2)28-12-10-9-11-25(28)27-18-26-23(13-20(3)4)17-30(33-31(26)19-29(27)32)24-15-21(5)14-22(6)16-24;1-4(6)3-5(2)7;/h9-12,14-15,17-20H,7-8,13H2,1-6H3;3,6H,1-2H3;/q-1;;/b;4-3-;. The van der Waals surface area contributed by atoms with E-state index in [1.165, 1.54) is 58.7 Å². The number of carbonyl (C=O) groups is 1. The first-order valence-electron chi connectivity index (χ1n) is 14.5. The van der Waals surface area contributed by atoms with Crippen molar-refractivity contribution in [3.8, 4) is 22.4 Å². The van der Waals surface area contributed by atoms with E-state index in [1.54, 1.807) is 0 Å². The Kier molecular flexibility index (Phi) is 10.5. The summed E-state index contributed by atoms with van der Waals surface area (Å²) in [4.78, 5) is 15.3. The number of aliphatic hydroxyl groups excluding tert-OH is 1. The van der Waals surface area contributed by atoms with Crippen molar-refractivity contribution in [3.63, 3.8) is 0 Å². The summed E-state index contributed by atoms with van der Waals surface area (Å²) in [5, 5.41) is 9.66. The van der Waals surface area contributed by atoms with Gasteiger partial charge in [-0.2, -0.15) is 0 Å². The SMILES string of the molecule is CC(=O)/C=C(/C)O.CCC1(CC)c2ccccc2-c2cc3c(CC(C)C)cc(-c4[c-]c(C)cc(C)c4)nc3cc21.[Ir]. The first-order chi connectivity index (χ1) is 19.0. The van der Waals surface area contributed by atoms with Crippen LogP contribution in [0.1, 0.15) is 82.2 Å². The zero-order valence-electron chi connectivity index (χ0n) is 25.6. The maximum Gasteiger partial charge on any atom is 0.155 e. The zero-order valence-corrected chi connectivity index (χ0v) is 28.0. The van der Waals surface area contributed by atoms with Gasteiger partial charge in [-0.15, -0.1) is 34.9 Å². The average Bonchev–Trinajstić information content (AvgIpc) is 3.15. The Bertz CT molecular complexity index is 1570. The first kappa shape index (κ1) is 32.4. The van der Waals surface area contributed by atoms with Crippen LogP contribution in [-0.2, 0) is 36.7 Å². The van der Waals surface area contributed by atoms with Crippen LogP contribution in [0.3, 0.4) is 0 Å². The van der Waals surface area contributed by atoms with Crippen molar-refractivity contribution in [1.29, 1.82) is 0 Å². The Morgan fingerprint density at radius 1 is 0.976 bits per heavy atom. The van der Waals surface area contributed by atoms with Gasteiger partial charge >= 0.3 is 0 Å². The second kappa shape index (κ2) is 13.3. The minimum Gasteiger partial charge on any atom is -0.512 e. The van der Waals surface area contributed by atoms with Crippen molar-refractivity contribution >= 4 is 16.7 Å². The Balaban J connectivity index is 0.000000516. The molecule has 1 N–H and O–H groups in total.